The minimum Gasteiger partial charge on any atom is -0.356 e. The van der Waals surface area contributed by atoms with Crippen LogP contribution in [0.1, 0.15) is 63.2 Å². The van der Waals surface area contributed by atoms with E-state index in [9.17, 15) is 14.0 Å². The number of halogens is 1. The second kappa shape index (κ2) is 8.66. The van der Waals surface area contributed by atoms with E-state index in [0.29, 0.717) is 31.4 Å². The summed E-state index contributed by atoms with van der Waals surface area (Å²) in [5.41, 5.74) is 0.777. The first kappa shape index (κ1) is 18.3. The van der Waals surface area contributed by atoms with Gasteiger partial charge in [0.25, 0.3) is 0 Å². The lowest BCUT2D eigenvalue weighted by Gasteiger charge is -2.17. The van der Waals surface area contributed by atoms with Crippen LogP contribution in [-0.4, -0.2) is 18.2 Å². The number of ketones is 1. The molecule has 0 unspecified atom stereocenters. The molecule has 0 saturated carbocycles. The lowest BCUT2D eigenvalue weighted by atomic mass is 9.91. The number of Topliss-reactive ketones (excluding diaryl/α,β-unsaturated/α-hetero) is 1. The topological polar surface area (TPSA) is 46.2 Å². The fourth-order valence-corrected chi connectivity index (χ4v) is 2.12. The fraction of sp³-hybridized carbons (Fsp3) is 0.556. The van der Waals surface area contributed by atoms with Crippen LogP contribution in [0, 0.1) is 11.2 Å². The Hall–Kier alpha value is -1.71. The molecule has 22 heavy (non-hydrogen) atoms. The highest BCUT2D eigenvalue weighted by Gasteiger charge is 2.10. The molecule has 1 rings (SSSR count). The van der Waals surface area contributed by atoms with E-state index in [4.69, 9.17) is 0 Å². The van der Waals surface area contributed by atoms with Crippen molar-refractivity contribution in [3.8, 4) is 0 Å². The molecule has 1 aromatic carbocycles. The maximum atomic E-state index is 12.8. The summed E-state index contributed by atoms with van der Waals surface area (Å²) in [7, 11) is 0. The Morgan fingerprint density at radius 2 is 1.68 bits per heavy atom. The van der Waals surface area contributed by atoms with Crippen molar-refractivity contribution in [2.75, 3.05) is 6.54 Å². The van der Waals surface area contributed by atoms with Crippen molar-refractivity contribution in [2.45, 2.75) is 52.9 Å². The summed E-state index contributed by atoms with van der Waals surface area (Å²) < 4.78 is 12.8. The molecule has 0 saturated heterocycles. The zero-order chi connectivity index (χ0) is 16.6. The summed E-state index contributed by atoms with van der Waals surface area (Å²) in [5, 5.41) is 2.88. The van der Waals surface area contributed by atoms with Crippen molar-refractivity contribution in [1.82, 2.24) is 5.32 Å². The first-order valence-corrected chi connectivity index (χ1v) is 7.83. The zero-order valence-electron chi connectivity index (χ0n) is 13.7. The van der Waals surface area contributed by atoms with E-state index < -0.39 is 0 Å². The second-order valence-electron chi connectivity index (χ2n) is 6.80. The van der Waals surface area contributed by atoms with Crippen LogP contribution in [-0.2, 0) is 4.79 Å². The summed E-state index contributed by atoms with van der Waals surface area (Å²) in [5.74, 6) is -0.424. The highest BCUT2D eigenvalue weighted by Crippen LogP contribution is 2.19. The largest absolute Gasteiger partial charge is 0.356 e. The van der Waals surface area contributed by atoms with E-state index in [0.717, 1.165) is 12.8 Å². The molecule has 0 aliphatic heterocycles. The highest BCUT2D eigenvalue weighted by atomic mass is 19.1. The number of hydrogen-bond acceptors (Lipinski definition) is 2. The molecule has 0 spiro atoms. The van der Waals surface area contributed by atoms with Gasteiger partial charge in [-0.05, 0) is 48.9 Å². The zero-order valence-corrected chi connectivity index (χ0v) is 13.7. The van der Waals surface area contributed by atoms with Crippen molar-refractivity contribution in [3.05, 3.63) is 35.6 Å². The smallest absolute Gasteiger partial charge is 0.220 e. The second-order valence-corrected chi connectivity index (χ2v) is 6.80. The molecule has 1 amide bonds. The van der Waals surface area contributed by atoms with Gasteiger partial charge in [-0.2, -0.15) is 0 Å². The van der Waals surface area contributed by atoms with Gasteiger partial charge in [0.15, 0.2) is 5.78 Å². The van der Waals surface area contributed by atoms with Gasteiger partial charge in [-0.1, -0.05) is 20.8 Å². The van der Waals surface area contributed by atoms with Crippen LogP contribution in [0.4, 0.5) is 4.39 Å². The van der Waals surface area contributed by atoms with Crippen LogP contribution in [0.25, 0.3) is 0 Å². The molecule has 3 nitrogen and oxygen atoms in total. The third kappa shape index (κ3) is 7.91. The van der Waals surface area contributed by atoms with Gasteiger partial charge >= 0.3 is 0 Å². The van der Waals surface area contributed by atoms with E-state index >= 15 is 0 Å². The normalized spacial score (nSPS) is 11.3. The van der Waals surface area contributed by atoms with Crippen LogP contribution in [0.3, 0.4) is 0 Å². The lowest BCUT2D eigenvalue weighted by Crippen LogP contribution is -2.25. The molecule has 0 heterocycles. The van der Waals surface area contributed by atoms with Gasteiger partial charge in [0.2, 0.25) is 5.91 Å². The number of carbonyl (C=O) groups excluding carboxylic acids is 2. The SMILES string of the molecule is CC(C)(C)CCCNC(=O)CCCC(=O)c1ccc(F)cc1. The monoisotopic (exact) mass is 307 g/mol. The van der Waals surface area contributed by atoms with Crippen molar-refractivity contribution < 1.29 is 14.0 Å². The number of nitrogens with one attached hydrogen (secondary N) is 1. The Balaban J connectivity index is 2.17. The molecule has 0 atom stereocenters. The minimum atomic E-state index is -0.355. The Morgan fingerprint density at radius 1 is 1.05 bits per heavy atom. The standard InChI is InChI=1S/C18H26FNO2/c1-18(2,3)12-5-13-20-17(22)7-4-6-16(21)14-8-10-15(19)11-9-14/h8-11H,4-7,12-13H2,1-3H3,(H,20,22). The Bertz CT molecular complexity index is 489. The van der Waals surface area contributed by atoms with Crippen LogP contribution < -0.4 is 5.32 Å². The molecule has 4 heteroatoms. The Morgan fingerprint density at radius 3 is 2.27 bits per heavy atom. The van der Waals surface area contributed by atoms with Gasteiger partial charge in [-0.3, -0.25) is 9.59 Å². The molecule has 0 radical (unpaired) electrons. The molecule has 0 aliphatic carbocycles. The molecule has 0 aliphatic rings. The quantitative estimate of drug-likeness (QED) is 0.580. The van der Waals surface area contributed by atoms with Gasteiger partial charge in [0.1, 0.15) is 5.82 Å². The van der Waals surface area contributed by atoms with Crippen LogP contribution in [0.5, 0.6) is 0 Å². The summed E-state index contributed by atoms with van der Waals surface area (Å²) >= 11 is 0. The van der Waals surface area contributed by atoms with Crippen molar-refractivity contribution in [1.29, 1.82) is 0 Å². The molecule has 0 fully saturated rings. The van der Waals surface area contributed by atoms with E-state index in [-0.39, 0.29) is 22.9 Å². The number of hydrogen-bond donors (Lipinski definition) is 1. The van der Waals surface area contributed by atoms with Gasteiger partial charge < -0.3 is 5.32 Å². The molecule has 1 aromatic rings. The molecule has 0 bridgehead atoms. The number of benzene rings is 1. The van der Waals surface area contributed by atoms with Crippen molar-refractivity contribution in [2.24, 2.45) is 5.41 Å². The Kier molecular flexibility index (Phi) is 7.22. The summed E-state index contributed by atoms with van der Waals surface area (Å²) in [6.45, 7) is 7.21. The molecule has 0 aromatic heterocycles. The lowest BCUT2D eigenvalue weighted by molar-refractivity contribution is -0.121. The third-order valence-electron chi connectivity index (χ3n) is 3.40. The van der Waals surface area contributed by atoms with Crippen LogP contribution in [0.15, 0.2) is 24.3 Å². The van der Waals surface area contributed by atoms with Gasteiger partial charge in [-0.25, -0.2) is 4.39 Å². The van der Waals surface area contributed by atoms with Crippen LogP contribution in [0.2, 0.25) is 0 Å². The number of rotatable bonds is 8. The Labute approximate surface area is 132 Å². The van der Waals surface area contributed by atoms with E-state index in [1.807, 2.05) is 0 Å². The number of amides is 1. The average molecular weight is 307 g/mol. The third-order valence-corrected chi connectivity index (χ3v) is 3.40. The predicted molar refractivity (Wildman–Crippen MR) is 86.3 cm³/mol. The molecule has 122 valence electrons. The molecular formula is C18H26FNO2. The van der Waals surface area contributed by atoms with Crippen LogP contribution >= 0.6 is 0 Å². The summed E-state index contributed by atoms with van der Waals surface area (Å²) in [4.78, 5) is 23.5. The minimum absolute atomic E-state index is 0.0131. The van der Waals surface area contributed by atoms with Gasteiger partial charge in [-0.15, -0.1) is 0 Å². The summed E-state index contributed by atoms with van der Waals surface area (Å²) in [6, 6.07) is 5.50. The van der Waals surface area contributed by atoms with Gasteiger partial charge in [0, 0.05) is 24.9 Å². The average Bonchev–Trinajstić information content (AvgIpc) is 2.43. The molecule has 1 N–H and O–H groups in total. The highest BCUT2D eigenvalue weighted by molar-refractivity contribution is 5.96. The van der Waals surface area contributed by atoms with Crippen molar-refractivity contribution >= 4 is 11.7 Å². The first-order chi connectivity index (χ1) is 10.3. The fourth-order valence-electron chi connectivity index (χ4n) is 2.12. The van der Waals surface area contributed by atoms with Crippen molar-refractivity contribution in [3.63, 3.8) is 0 Å². The molecular weight excluding hydrogens is 281 g/mol. The summed E-state index contributed by atoms with van der Waals surface area (Å²) in [6.07, 6.45) is 3.20. The van der Waals surface area contributed by atoms with E-state index in [1.165, 1.54) is 24.3 Å². The maximum Gasteiger partial charge on any atom is 0.220 e. The maximum absolute atomic E-state index is 12.8. The number of carbonyl (C=O) groups is 2. The van der Waals surface area contributed by atoms with Gasteiger partial charge in [0.05, 0.1) is 0 Å². The first-order valence-electron chi connectivity index (χ1n) is 7.83. The van der Waals surface area contributed by atoms with E-state index in [1.54, 1.807) is 0 Å². The van der Waals surface area contributed by atoms with E-state index in [2.05, 4.69) is 26.1 Å². The predicted octanol–water partition coefficient (Wildman–Crippen LogP) is 4.12.